The van der Waals surface area contributed by atoms with Crippen LogP contribution in [0.3, 0.4) is 0 Å². The Morgan fingerprint density at radius 2 is 0.917 bits per heavy atom. The van der Waals surface area contributed by atoms with Crippen molar-refractivity contribution >= 4 is 23.9 Å². The van der Waals surface area contributed by atoms with Crippen molar-refractivity contribution in [3.05, 3.63) is 56.6 Å². The van der Waals surface area contributed by atoms with Gasteiger partial charge in [0.15, 0.2) is 0 Å². The van der Waals surface area contributed by atoms with Crippen LogP contribution in [-0.4, -0.2) is 44.3 Å². The average molecular weight is 831 g/mol. The zero-order valence-electron chi connectivity index (χ0n) is 38.5. The number of hydrogen-bond donors (Lipinski definition) is 4. The Morgan fingerprint density at radius 1 is 0.500 bits per heavy atom. The molecular formula is C52H78O8. The highest BCUT2D eigenvalue weighted by molar-refractivity contribution is 5.79. The van der Waals surface area contributed by atoms with E-state index < -0.39 is 45.5 Å². The van der Waals surface area contributed by atoms with E-state index in [1.54, 1.807) is 27.7 Å². The summed E-state index contributed by atoms with van der Waals surface area (Å²) >= 11 is 0. The Hall–Kier alpha value is -3.68. The van der Waals surface area contributed by atoms with Gasteiger partial charge in [0.1, 0.15) is 0 Å². The van der Waals surface area contributed by atoms with Crippen LogP contribution in [0.1, 0.15) is 201 Å². The third-order valence-corrected chi connectivity index (χ3v) is 14.9. The number of carboxylic acids is 4. The predicted molar refractivity (Wildman–Crippen MR) is 241 cm³/mol. The van der Waals surface area contributed by atoms with E-state index in [9.17, 15) is 39.6 Å². The topological polar surface area (TPSA) is 149 Å². The van der Waals surface area contributed by atoms with Crippen LogP contribution < -0.4 is 0 Å². The third kappa shape index (κ3) is 12.7. The number of rotatable bonds is 29. The summed E-state index contributed by atoms with van der Waals surface area (Å²) in [6.07, 6.45) is 21.1. The molecule has 0 aromatic heterocycles. The van der Waals surface area contributed by atoms with Gasteiger partial charge in [-0.05, 0) is 214 Å². The van der Waals surface area contributed by atoms with Gasteiger partial charge in [0, 0.05) is 0 Å². The molecule has 2 aromatic rings. The van der Waals surface area contributed by atoms with Crippen molar-refractivity contribution in [1.29, 1.82) is 0 Å². The Bertz CT molecular complexity index is 1840. The van der Waals surface area contributed by atoms with E-state index in [0.29, 0.717) is 12.8 Å². The van der Waals surface area contributed by atoms with E-state index in [2.05, 4.69) is 39.8 Å². The molecule has 334 valence electrons. The van der Waals surface area contributed by atoms with Gasteiger partial charge in [-0.15, -0.1) is 0 Å². The highest BCUT2D eigenvalue weighted by atomic mass is 16.4. The average Bonchev–Trinajstić information content (AvgIpc) is 4.12. The van der Waals surface area contributed by atoms with Gasteiger partial charge in [0.05, 0.1) is 21.7 Å². The van der Waals surface area contributed by atoms with E-state index in [4.69, 9.17) is 0 Å². The number of unbranched alkanes of at least 4 members (excludes halogenated alkanes) is 8. The standard InChI is InChI=1S/C52H78O8/c1-35-33-40(22-13-9-11-17-25-49(5,6)45(53)54)44(42(36(35)2)24-16-20-28-52(31-32-52)48(59)60)43-34-39(21-15-19-27-51(29-30-51)47(57)58)37(3)41(38(43)4)23-14-10-12-18-26-50(7,8)46(55)56/h33-34H,9-32H2,1-8H3,(H,53,54)(H,55,56)(H,57,58)(H,59,60). The van der Waals surface area contributed by atoms with Crippen LogP contribution in [0.15, 0.2) is 12.1 Å². The van der Waals surface area contributed by atoms with Crippen LogP contribution in [-0.2, 0) is 44.9 Å². The molecule has 0 unspecified atom stereocenters. The van der Waals surface area contributed by atoms with E-state index >= 15 is 0 Å². The minimum atomic E-state index is -0.746. The van der Waals surface area contributed by atoms with Gasteiger partial charge in [-0.2, -0.15) is 0 Å². The molecular weight excluding hydrogens is 753 g/mol. The zero-order chi connectivity index (χ0) is 44.5. The molecule has 0 spiro atoms. The normalized spacial score (nSPS) is 15.5. The number of carboxylic acid groups (broad SMARTS) is 4. The number of hydrogen-bond acceptors (Lipinski definition) is 4. The first-order valence-electron chi connectivity index (χ1n) is 23.4. The Kier molecular flexibility index (Phi) is 17.1. The Morgan fingerprint density at radius 3 is 1.38 bits per heavy atom. The second-order valence-corrected chi connectivity index (χ2v) is 20.4. The van der Waals surface area contributed by atoms with Gasteiger partial charge in [-0.25, -0.2) is 0 Å². The molecule has 0 amide bonds. The lowest BCUT2D eigenvalue weighted by Crippen LogP contribution is -2.23. The molecule has 2 aliphatic carbocycles. The quantitative estimate of drug-likeness (QED) is 0.0592. The third-order valence-electron chi connectivity index (χ3n) is 14.9. The summed E-state index contributed by atoms with van der Waals surface area (Å²) in [7, 11) is 0. The lowest BCUT2D eigenvalue weighted by Gasteiger charge is -2.25. The molecule has 0 saturated heterocycles. The van der Waals surface area contributed by atoms with Gasteiger partial charge in [0.2, 0.25) is 0 Å². The van der Waals surface area contributed by atoms with Gasteiger partial charge < -0.3 is 20.4 Å². The molecule has 0 heterocycles. The predicted octanol–water partition coefficient (Wildman–Crippen LogP) is 13.0. The van der Waals surface area contributed by atoms with Crippen molar-refractivity contribution in [2.24, 2.45) is 21.7 Å². The number of aryl methyl sites for hydroxylation is 3. The maximum Gasteiger partial charge on any atom is 0.309 e. The van der Waals surface area contributed by atoms with Crippen LogP contribution in [0.2, 0.25) is 0 Å². The SMILES string of the molecule is Cc1cc(CCCCCCC(C)(C)C(=O)O)c(-c2cc(CCCCC3(C(=O)O)CC3)c(C)c(CCCCCCC(C)(C)C(=O)O)c2C)c(CCCCC2(C(=O)O)CC2)c1C. The highest BCUT2D eigenvalue weighted by Gasteiger charge is 2.50. The molecule has 8 nitrogen and oxygen atoms in total. The van der Waals surface area contributed by atoms with Crippen LogP contribution in [0.25, 0.3) is 11.1 Å². The van der Waals surface area contributed by atoms with Crippen LogP contribution in [0, 0.1) is 49.4 Å². The monoisotopic (exact) mass is 831 g/mol. The molecule has 60 heavy (non-hydrogen) atoms. The van der Waals surface area contributed by atoms with E-state index in [-0.39, 0.29) is 0 Å². The smallest absolute Gasteiger partial charge is 0.309 e. The van der Waals surface area contributed by atoms with Crippen LogP contribution in [0.5, 0.6) is 0 Å². The van der Waals surface area contributed by atoms with Crippen molar-refractivity contribution in [3.63, 3.8) is 0 Å². The maximum atomic E-state index is 12.0. The fourth-order valence-electron chi connectivity index (χ4n) is 9.49. The van der Waals surface area contributed by atoms with Crippen LogP contribution >= 0.6 is 0 Å². The molecule has 0 aliphatic heterocycles. The molecule has 0 bridgehead atoms. The fourth-order valence-corrected chi connectivity index (χ4v) is 9.49. The summed E-state index contributed by atoms with van der Waals surface area (Å²) in [6.45, 7) is 16.2. The van der Waals surface area contributed by atoms with Crippen molar-refractivity contribution in [2.45, 2.75) is 209 Å². The summed E-state index contributed by atoms with van der Waals surface area (Å²) < 4.78 is 0. The summed E-state index contributed by atoms with van der Waals surface area (Å²) in [5, 5.41) is 38.9. The second-order valence-electron chi connectivity index (χ2n) is 20.4. The minimum absolute atomic E-state index is 0.516. The molecule has 2 aliphatic rings. The molecule has 2 fully saturated rings. The van der Waals surface area contributed by atoms with Crippen molar-refractivity contribution in [2.75, 3.05) is 0 Å². The van der Waals surface area contributed by atoms with E-state index in [0.717, 1.165) is 141 Å². The van der Waals surface area contributed by atoms with E-state index in [1.807, 2.05) is 0 Å². The second kappa shape index (κ2) is 20.9. The zero-order valence-corrected chi connectivity index (χ0v) is 38.5. The lowest BCUT2D eigenvalue weighted by atomic mass is 9.79. The van der Waals surface area contributed by atoms with Crippen LogP contribution in [0.4, 0.5) is 0 Å². The first-order chi connectivity index (χ1) is 28.2. The number of benzene rings is 2. The van der Waals surface area contributed by atoms with Crippen molar-refractivity contribution in [1.82, 2.24) is 0 Å². The van der Waals surface area contributed by atoms with Crippen molar-refractivity contribution in [3.8, 4) is 11.1 Å². The first kappa shape index (κ1) is 49.0. The van der Waals surface area contributed by atoms with E-state index in [1.165, 1.54) is 55.6 Å². The Balaban J connectivity index is 1.67. The molecule has 8 heteroatoms. The van der Waals surface area contributed by atoms with Gasteiger partial charge in [-0.1, -0.05) is 63.5 Å². The van der Waals surface area contributed by atoms with Gasteiger partial charge >= 0.3 is 23.9 Å². The minimum Gasteiger partial charge on any atom is -0.481 e. The van der Waals surface area contributed by atoms with Gasteiger partial charge in [-0.3, -0.25) is 19.2 Å². The first-order valence-corrected chi connectivity index (χ1v) is 23.4. The molecule has 4 N–H and O–H groups in total. The molecule has 4 rings (SSSR count). The van der Waals surface area contributed by atoms with Gasteiger partial charge in [0.25, 0.3) is 0 Å². The summed E-state index contributed by atoms with van der Waals surface area (Å²) in [5.74, 6) is -2.80. The molecule has 0 radical (unpaired) electrons. The summed E-state index contributed by atoms with van der Waals surface area (Å²) in [4.78, 5) is 47.3. The lowest BCUT2D eigenvalue weighted by molar-refractivity contribution is -0.148. The molecule has 2 saturated carbocycles. The molecule has 0 atom stereocenters. The maximum absolute atomic E-state index is 12.0. The number of aliphatic carboxylic acids is 4. The summed E-state index contributed by atoms with van der Waals surface area (Å²) in [5.41, 5.74) is 10.8. The highest BCUT2D eigenvalue weighted by Crippen LogP contribution is 2.51. The molecule has 2 aromatic carbocycles. The van der Waals surface area contributed by atoms with Crippen molar-refractivity contribution < 1.29 is 39.6 Å². The largest absolute Gasteiger partial charge is 0.481 e. The number of carbonyl (C=O) groups is 4. The Labute approximate surface area is 361 Å². The fraction of sp³-hybridized carbons (Fsp3) is 0.692. The summed E-state index contributed by atoms with van der Waals surface area (Å²) in [6, 6.07) is 4.84.